The van der Waals surface area contributed by atoms with E-state index < -0.39 is 58.4 Å². The normalized spacial score (nSPS) is 23.7. The van der Waals surface area contributed by atoms with Gasteiger partial charge in [-0.3, -0.25) is 4.79 Å². The summed E-state index contributed by atoms with van der Waals surface area (Å²) < 4.78 is 31.7. The number of nitrogens with zero attached hydrogens (tertiary/aromatic N) is 3. The lowest BCUT2D eigenvalue weighted by molar-refractivity contribution is -0.119. The molecule has 2 aliphatic heterocycles. The Kier molecular flexibility index (Phi) is 7.28. The molecule has 3 aromatic carbocycles. The molecular weight excluding hydrogens is 587 g/mol. The zero-order chi connectivity index (χ0) is 30.7. The number of fused-ring (bicyclic) bond motifs is 1. The van der Waals surface area contributed by atoms with Crippen molar-refractivity contribution in [2.24, 2.45) is 5.41 Å². The Bertz CT molecular complexity index is 1670. The first-order valence-electron chi connectivity index (χ1n) is 13.0. The molecule has 4 atom stereocenters. The first-order valence-corrected chi connectivity index (χ1v) is 13.8. The molecule has 3 aromatic rings. The van der Waals surface area contributed by atoms with Gasteiger partial charge in [-0.25, -0.2) is 23.3 Å². The molecule has 2 aliphatic rings. The molecule has 42 heavy (non-hydrogen) atoms. The van der Waals surface area contributed by atoms with Crippen molar-refractivity contribution < 1.29 is 28.3 Å². The van der Waals surface area contributed by atoms with Gasteiger partial charge in [-0.05, 0) is 59.9 Å². The topological polar surface area (TPSA) is 102 Å². The summed E-state index contributed by atoms with van der Waals surface area (Å²) in [5.74, 6) is -5.05. The Hall–Kier alpha value is -4.00. The first kappa shape index (κ1) is 29.5. The first-order chi connectivity index (χ1) is 19.7. The van der Waals surface area contributed by atoms with Crippen LogP contribution in [0.4, 0.5) is 19.3 Å². The number of carboxylic acids is 1. The number of carboxylic acid groups (broad SMARTS) is 1. The third-order valence-corrected chi connectivity index (χ3v) is 8.44. The van der Waals surface area contributed by atoms with Gasteiger partial charge in [0.05, 0.1) is 28.4 Å². The molecule has 2 fully saturated rings. The number of anilines is 1. The minimum Gasteiger partial charge on any atom is -0.478 e. The molecule has 5 rings (SSSR count). The molecule has 0 unspecified atom stereocenters. The summed E-state index contributed by atoms with van der Waals surface area (Å²) in [7, 11) is 0. The quantitative estimate of drug-likeness (QED) is 0.308. The summed E-state index contributed by atoms with van der Waals surface area (Å²) in [5.41, 5.74) is -2.66. The highest BCUT2D eigenvalue weighted by molar-refractivity contribution is 6.31. The van der Waals surface area contributed by atoms with Crippen molar-refractivity contribution in [3.8, 4) is 6.07 Å². The molecule has 0 aliphatic carbocycles. The number of urea groups is 1. The van der Waals surface area contributed by atoms with Crippen molar-refractivity contribution in [3.63, 3.8) is 0 Å². The van der Waals surface area contributed by atoms with Gasteiger partial charge in [0.2, 0.25) is 0 Å². The minimum atomic E-state index is -1.93. The van der Waals surface area contributed by atoms with Crippen LogP contribution in [0.25, 0.3) is 0 Å². The molecule has 2 heterocycles. The standard InChI is InChI=1S/C31H25Cl2F2N3O4/c1-30(2,3)14-23-31(15-36,20-12-9-17(32)13-22(20)34)24(19-5-4-6-21(33)25(19)35)26-27(39)37(29(42)38(23)26)18-10-7-16(8-11-18)28(40)41/h4-13,23-24,26H,14H2,1-3H3,(H,40,41)/t23-,24-,26+,31-/m0/s1. The second-order valence-corrected chi connectivity index (χ2v) is 12.5. The van der Waals surface area contributed by atoms with Crippen molar-refractivity contribution in [1.82, 2.24) is 4.90 Å². The Labute approximate surface area is 250 Å². The molecule has 216 valence electrons. The van der Waals surface area contributed by atoms with Gasteiger partial charge in [0.15, 0.2) is 0 Å². The number of imide groups is 1. The molecular formula is C31H25Cl2F2N3O4. The lowest BCUT2D eigenvalue weighted by atomic mass is 9.62. The van der Waals surface area contributed by atoms with Gasteiger partial charge >= 0.3 is 12.0 Å². The van der Waals surface area contributed by atoms with Gasteiger partial charge in [0.25, 0.3) is 5.91 Å². The van der Waals surface area contributed by atoms with Crippen LogP contribution in [-0.2, 0) is 10.2 Å². The van der Waals surface area contributed by atoms with Gasteiger partial charge < -0.3 is 10.0 Å². The number of carbonyl (C=O) groups is 3. The number of benzene rings is 3. The summed E-state index contributed by atoms with van der Waals surface area (Å²) in [4.78, 5) is 41.9. The van der Waals surface area contributed by atoms with Gasteiger partial charge in [0, 0.05) is 16.5 Å². The lowest BCUT2D eigenvalue weighted by Gasteiger charge is -2.39. The zero-order valence-corrected chi connectivity index (χ0v) is 24.2. The molecule has 11 heteroatoms. The minimum absolute atomic E-state index is 0.0514. The van der Waals surface area contributed by atoms with Crippen LogP contribution in [0, 0.1) is 28.4 Å². The molecule has 2 saturated heterocycles. The van der Waals surface area contributed by atoms with E-state index >= 15 is 8.78 Å². The zero-order valence-electron chi connectivity index (χ0n) is 22.7. The second kappa shape index (κ2) is 10.4. The Morgan fingerprint density at radius 1 is 1.07 bits per heavy atom. The van der Waals surface area contributed by atoms with Gasteiger partial charge in [0.1, 0.15) is 23.1 Å². The highest BCUT2D eigenvalue weighted by Gasteiger charge is 2.70. The maximum atomic E-state index is 15.9. The third-order valence-electron chi connectivity index (χ3n) is 7.91. The highest BCUT2D eigenvalue weighted by atomic mass is 35.5. The van der Waals surface area contributed by atoms with Crippen LogP contribution in [0.5, 0.6) is 0 Å². The van der Waals surface area contributed by atoms with Crippen LogP contribution in [0.3, 0.4) is 0 Å². The third kappa shape index (κ3) is 4.50. The molecule has 3 amide bonds. The Morgan fingerprint density at radius 3 is 2.31 bits per heavy atom. The number of halogens is 4. The maximum absolute atomic E-state index is 15.9. The van der Waals surface area contributed by atoms with Crippen molar-refractivity contribution >= 4 is 46.8 Å². The summed E-state index contributed by atoms with van der Waals surface area (Å²) in [5, 5.41) is 20.1. The maximum Gasteiger partial charge on any atom is 0.335 e. The number of nitriles is 1. The van der Waals surface area contributed by atoms with Crippen molar-refractivity contribution in [1.29, 1.82) is 5.26 Å². The van der Waals surface area contributed by atoms with Crippen LogP contribution in [0.1, 0.15) is 54.6 Å². The van der Waals surface area contributed by atoms with Crippen LogP contribution in [-0.4, -0.2) is 40.0 Å². The van der Waals surface area contributed by atoms with E-state index in [1.807, 2.05) is 20.8 Å². The van der Waals surface area contributed by atoms with E-state index in [1.54, 1.807) is 0 Å². The van der Waals surface area contributed by atoms with Gasteiger partial charge in [-0.2, -0.15) is 5.26 Å². The number of carbonyl (C=O) groups excluding carboxylic acids is 2. The predicted molar refractivity (Wildman–Crippen MR) is 153 cm³/mol. The van der Waals surface area contributed by atoms with E-state index in [0.717, 1.165) is 11.0 Å². The lowest BCUT2D eigenvalue weighted by Crippen LogP contribution is -2.49. The number of rotatable bonds is 5. The van der Waals surface area contributed by atoms with Gasteiger partial charge in [-0.1, -0.05) is 62.2 Å². The van der Waals surface area contributed by atoms with Crippen LogP contribution in [0.15, 0.2) is 60.7 Å². The van der Waals surface area contributed by atoms with Crippen molar-refractivity contribution in [2.45, 2.75) is 50.6 Å². The van der Waals surface area contributed by atoms with Gasteiger partial charge in [-0.15, -0.1) is 0 Å². The van der Waals surface area contributed by atoms with Crippen LogP contribution < -0.4 is 4.90 Å². The highest BCUT2D eigenvalue weighted by Crippen LogP contribution is 2.58. The summed E-state index contributed by atoms with van der Waals surface area (Å²) in [6.07, 6.45) is 0.141. The largest absolute Gasteiger partial charge is 0.478 e. The SMILES string of the molecule is CC(C)(C)C[C@@H]1N2C(=O)N(c3ccc(C(=O)O)cc3)C(=O)[C@H]2[C@H](c2cccc(Cl)c2F)[C@@]1(C#N)c1ccc(Cl)cc1F. The fourth-order valence-corrected chi connectivity index (χ4v) is 6.61. The number of aromatic carboxylic acids is 1. The van der Waals surface area contributed by atoms with E-state index in [0.29, 0.717) is 0 Å². The second-order valence-electron chi connectivity index (χ2n) is 11.7. The number of hydrogen-bond acceptors (Lipinski definition) is 4. The predicted octanol–water partition coefficient (Wildman–Crippen LogP) is 7.17. The summed E-state index contributed by atoms with van der Waals surface area (Å²) in [6.45, 7) is 5.63. The van der Waals surface area contributed by atoms with Crippen molar-refractivity contribution in [2.75, 3.05) is 4.90 Å². The van der Waals surface area contributed by atoms with E-state index in [9.17, 15) is 24.8 Å². The molecule has 0 bridgehead atoms. The molecule has 0 radical (unpaired) electrons. The average Bonchev–Trinajstić information content (AvgIpc) is 3.33. The van der Waals surface area contributed by atoms with Crippen LogP contribution >= 0.6 is 23.2 Å². The van der Waals surface area contributed by atoms with E-state index in [1.165, 1.54) is 59.5 Å². The van der Waals surface area contributed by atoms with E-state index in [4.69, 9.17) is 23.2 Å². The Balaban J connectivity index is 1.81. The van der Waals surface area contributed by atoms with E-state index in [-0.39, 0.29) is 38.8 Å². The number of hydrogen-bond donors (Lipinski definition) is 1. The molecule has 0 saturated carbocycles. The molecule has 1 N–H and O–H groups in total. The molecule has 0 aromatic heterocycles. The van der Waals surface area contributed by atoms with Crippen LogP contribution in [0.2, 0.25) is 10.0 Å². The smallest absolute Gasteiger partial charge is 0.335 e. The number of amides is 3. The van der Waals surface area contributed by atoms with E-state index in [2.05, 4.69) is 6.07 Å². The van der Waals surface area contributed by atoms with Crippen molar-refractivity contribution in [3.05, 3.63) is 99.0 Å². The fraction of sp³-hybridized carbons (Fsp3) is 0.290. The summed E-state index contributed by atoms with van der Waals surface area (Å²) >= 11 is 12.2. The fourth-order valence-electron chi connectivity index (χ4n) is 6.27. The molecule has 0 spiro atoms. The molecule has 7 nitrogen and oxygen atoms in total. The Morgan fingerprint density at radius 2 is 1.74 bits per heavy atom. The average molecular weight is 612 g/mol. The monoisotopic (exact) mass is 611 g/mol. The summed E-state index contributed by atoms with van der Waals surface area (Å²) in [6, 6.07) is 12.1.